The van der Waals surface area contributed by atoms with Crippen LogP contribution < -0.4 is 4.74 Å². The van der Waals surface area contributed by atoms with Crippen molar-refractivity contribution < 1.29 is 13.9 Å². The molecule has 1 heterocycles. The topological polar surface area (TPSA) is 39.4 Å². The van der Waals surface area contributed by atoms with Gasteiger partial charge in [-0.15, -0.1) is 0 Å². The fourth-order valence-corrected chi connectivity index (χ4v) is 2.19. The molecular weight excluding hydrogens is 264 g/mol. The summed E-state index contributed by atoms with van der Waals surface area (Å²) in [5.74, 6) is 0.988. The SMILES string of the molecule is CC(C)Oc1ccc(C(=O)c2cc3ccccc3o2)cc1. The molecule has 0 unspecified atom stereocenters. The Morgan fingerprint density at radius 3 is 2.43 bits per heavy atom. The van der Waals surface area contributed by atoms with Gasteiger partial charge in [0.1, 0.15) is 11.3 Å². The molecule has 106 valence electrons. The number of hydrogen-bond donors (Lipinski definition) is 0. The summed E-state index contributed by atoms with van der Waals surface area (Å²) >= 11 is 0. The highest BCUT2D eigenvalue weighted by molar-refractivity contribution is 6.09. The Hall–Kier alpha value is -2.55. The molecule has 0 amide bonds. The van der Waals surface area contributed by atoms with Crippen LogP contribution in [0.2, 0.25) is 0 Å². The van der Waals surface area contributed by atoms with Crippen molar-refractivity contribution in [2.75, 3.05) is 0 Å². The average molecular weight is 280 g/mol. The molecular formula is C18H16O3. The number of furan rings is 1. The summed E-state index contributed by atoms with van der Waals surface area (Å²) in [5, 5.41) is 0.931. The largest absolute Gasteiger partial charge is 0.491 e. The van der Waals surface area contributed by atoms with Gasteiger partial charge in [0.15, 0.2) is 5.76 Å². The number of fused-ring (bicyclic) bond motifs is 1. The smallest absolute Gasteiger partial charge is 0.228 e. The van der Waals surface area contributed by atoms with Crippen molar-refractivity contribution in [3.05, 3.63) is 65.9 Å². The normalized spacial score (nSPS) is 11.0. The van der Waals surface area contributed by atoms with Gasteiger partial charge in [-0.05, 0) is 50.2 Å². The van der Waals surface area contributed by atoms with Crippen molar-refractivity contribution in [2.45, 2.75) is 20.0 Å². The minimum atomic E-state index is -0.123. The molecule has 0 aliphatic heterocycles. The van der Waals surface area contributed by atoms with Crippen LogP contribution in [-0.2, 0) is 0 Å². The Balaban J connectivity index is 1.87. The summed E-state index contributed by atoms with van der Waals surface area (Å²) in [6.07, 6.45) is 0.113. The van der Waals surface area contributed by atoms with Crippen molar-refractivity contribution in [3.8, 4) is 5.75 Å². The molecule has 0 spiro atoms. The first kappa shape index (κ1) is 13.4. The lowest BCUT2D eigenvalue weighted by molar-refractivity contribution is 0.101. The number of benzene rings is 2. The highest BCUT2D eigenvalue weighted by Crippen LogP contribution is 2.22. The highest BCUT2D eigenvalue weighted by atomic mass is 16.5. The molecule has 0 saturated heterocycles. The summed E-state index contributed by atoms with van der Waals surface area (Å²) < 4.78 is 11.2. The Bertz CT molecular complexity index is 734. The number of rotatable bonds is 4. The Labute approximate surface area is 123 Å². The van der Waals surface area contributed by atoms with Gasteiger partial charge in [-0.25, -0.2) is 0 Å². The third-order valence-electron chi connectivity index (χ3n) is 3.14. The van der Waals surface area contributed by atoms with E-state index >= 15 is 0 Å². The maximum absolute atomic E-state index is 12.4. The third kappa shape index (κ3) is 2.82. The predicted octanol–water partition coefficient (Wildman–Crippen LogP) is 4.45. The van der Waals surface area contributed by atoms with Gasteiger partial charge in [-0.3, -0.25) is 4.79 Å². The second-order valence-corrected chi connectivity index (χ2v) is 5.17. The molecule has 0 saturated carbocycles. The lowest BCUT2D eigenvalue weighted by Gasteiger charge is -2.09. The molecule has 0 fully saturated rings. The van der Waals surface area contributed by atoms with E-state index in [2.05, 4.69) is 0 Å². The van der Waals surface area contributed by atoms with Gasteiger partial charge in [-0.2, -0.15) is 0 Å². The zero-order valence-corrected chi connectivity index (χ0v) is 12.0. The van der Waals surface area contributed by atoms with Crippen molar-refractivity contribution in [2.24, 2.45) is 0 Å². The van der Waals surface area contributed by atoms with E-state index in [0.717, 1.165) is 16.7 Å². The standard InChI is InChI=1S/C18H16O3/c1-12(2)20-15-9-7-13(8-10-15)18(19)17-11-14-5-3-4-6-16(14)21-17/h3-12H,1-2H3. The third-order valence-corrected chi connectivity index (χ3v) is 3.14. The highest BCUT2D eigenvalue weighted by Gasteiger charge is 2.14. The molecule has 0 atom stereocenters. The number of ether oxygens (including phenoxy) is 1. The van der Waals surface area contributed by atoms with Crippen LogP contribution in [0.1, 0.15) is 30.0 Å². The fourth-order valence-electron chi connectivity index (χ4n) is 2.19. The monoisotopic (exact) mass is 280 g/mol. The summed E-state index contributed by atoms with van der Waals surface area (Å²) in [4.78, 5) is 12.4. The van der Waals surface area contributed by atoms with Crippen molar-refractivity contribution in [1.82, 2.24) is 0 Å². The molecule has 3 aromatic rings. The lowest BCUT2D eigenvalue weighted by atomic mass is 10.1. The lowest BCUT2D eigenvalue weighted by Crippen LogP contribution is -2.06. The number of carbonyl (C=O) groups excluding carboxylic acids is 1. The maximum atomic E-state index is 12.4. The number of carbonyl (C=O) groups is 1. The predicted molar refractivity (Wildman–Crippen MR) is 81.9 cm³/mol. The molecule has 0 aliphatic carbocycles. The van der Waals surface area contributed by atoms with E-state index in [1.807, 2.05) is 38.1 Å². The van der Waals surface area contributed by atoms with Crippen LogP contribution in [0.4, 0.5) is 0 Å². The minimum absolute atomic E-state index is 0.113. The van der Waals surface area contributed by atoms with E-state index in [-0.39, 0.29) is 11.9 Å². The zero-order chi connectivity index (χ0) is 14.8. The van der Waals surface area contributed by atoms with E-state index < -0.39 is 0 Å². The second-order valence-electron chi connectivity index (χ2n) is 5.17. The molecule has 0 N–H and O–H groups in total. The van der Waals surface area contributed by atoms with Crippen molar-refractivity contribution >= 4 is 16.8 Å². The van der Waals surface area contributed by atoms with E-state index in [1.165, 1.54) is 0 Å². The molecule has 1 aromatic heterocycles. The van der Waals surface area contributed by atoms with Crippen LogP contribution in [0.3, 0.4) is 0 Å². The van der Waals surface area contributed by atoms with Gasteiger partial charge >= 0.3 is 0 Å². The number of ketones is 1. The van der Waals surface area contributed by atoms with Crippen LogP contribution in [0.25, 0.3) is 11.0 Å². The quantitative estimate of drug-likeness (QED) is 0.663. The summed E-state index contributed by atoms with van der Waals surface area (Å²) in [7, 11) is 0. The first-order chi connectivity index (χ1) is 10.1. The summed E-state index contributed by atoms with van der Waals surface area (Å²) in [6.45, 7) is 3.93. The van der Waals surface area contributed by atoms with Gasteiger partial charge in [-0.1, -0.05) is 18.2 Å². The van der Waals surface area contributed by atoms with Gasteiger partial charge in [0.25, 0.3) is 0 Å². The van der Waals surface area contributed by atoms with Crippen LogP contribution in [-0.4, -0.2) is 11.9 Å². The van der Waals surface area contributed by atoms with E-state index in [4.69, 9.17) is 9.15 Å². The van der Waals surface area contributed by atoms with Gasteiger partial charge < -0.3 is 9.15 Å². The van der Waals surface area contributed by atoms with Crippen LogP contribution in [0.15, 0.2) is 59.0 Å². The van der Waals surface area contributed by atoms with Gasteiger partial charge in [0.05, 0.1) is 6.10 Å². The Morgan fingerprint density at radius 2 is 1.76 bits per heavy atom. The van der Waals surface area contributed by atoms with E-state index in [1.54, 1.807) is 30.3 Å². The fraction of sp³-hybridized carbons (Fsp3) is 0.167. The Kier molecular flexibility index (Phi) is 3.48. The van der Waals surface area contributed by atoms with E-state index in [9.17, 15) is 4.79 Å². The van der Waals surface area contributed by atoms with Crippen molar-refractivity contribution in [1.29, 1.82) is 0 Å². The first-order valence-corrected chi connectivity index (χ1v) is 6.93. The molecule has 2 aromatic carbocycles. The molecule has 3 nitrogen and oxygen atoms in total. The first-order valence-electron chi connectivity index (χ1n) is 6.93. The number of para-hydroxylation sites is 1. The van der Waals surface area contributed by atoms with Gasteiger partial charge in [0.2, 0.25) is 5.78 Å². The molecule has 3 rings (SSSR count). The van der Waals surface area contributed by atoms with Crippen LogP contribution in [0, 0.1) is 0 Å². The Morgan fingerprint density at radius 1 is 1.05 bits per heavy atom. The molecule has 0 radical (unpaired) electrons. The molecule has 0 aliphatic rings. The second kappa shape index (κ2) is 5.44. The summed E-state index contributed by atoms with van der Waals surface area (Å²) in [5.41, 5.74) is 1.31. The zero-order valence-electron chi connectivity index (χ0n) is 12.0. The molecule has 0 bridgehead atoms. The van der Waals surface area contributed by atoms with Gasteiger partial charge in [0, 0.05) is 10.9 Å². The maximum Gasteiger partial charge on any atom is 0.228 e. The van der Waals surface area contributed by atoms with Crippen LogP contribution >= 0.6 is 0 Å². The number of hydrogen-bond acceptors (Lipinski definition) is 3. The molecule has 3 heteroatoms. The van der Waals surface area contributed by atoms with Crippen molar-refractivity contribution in [3.63, 3.8) is 0 Å². The minimum Gasteiger partial charge on any atom is -0.491 e. The summed E-state index contributed by atoms with van der Waals surface area (Å²) in [6, 6.07) is 16.5. The molecule has 21 heavy (non-hydrogen) atoms. The van der Waals surface area contributed by atoms with E-state index in [0.29, 0.717) is 11.3 Å². The average Bonchev–Trinajstić information content (AvgIpc) is 2.90. The van der Waals surface area contributed by atoms with Crippen LogP contribution in [0.5, 0.6) is 5.75 Å².